The molecule has 0 radical (unpaired) electrons. The number of ether oxygens (including phenoxy) is 1. The molecule has 0 spiro atoms. The van der Waals surface area contributed by atoms with Crippen LogP contribution in [0.25, 0.3) is 0 Å². The average Bonchev–Trinajstić information content (AvgIpc) is 2.16. The lowest BCUT2D eigenvalue weighted by Crippen LogP contribution is -2.48. The van der Waals surface area contributed by atoms with Gasteiger partial charge in [0.05, 0.1) is 19.3 Å². The molecule has 1 heterocycles. The molecule has 3 amide bonds. The Morgan fingerprint density at radius 2 is 2.33 bits per heavy atom. The Balaban J connectivity index is 2.31. The Labute approximate surface area is 88.7 Å². The molecule has 6 heteroatoms. The van der Waals surface area contributed by atoms with Gasteiger partial charge in [-0.2, -0.15) is 0 Å². The smallest absolute Gasteiger partial charge is 0.318 e. The fraction of sp³-hybridized carbons (Fsp3) is 0.778. The van der Waals surface area contributed by atoms with Crippen LogP contribution in [0.2, 0.25) is 0 Å². The lowest BCUT2D eigenvalue weighted by molar-refractivity contribution is -0.123. The van der Waals surface area contributed by atoms with Gasteiger partial charge < -0.3 is 10.5 Å². The Hall–Kier alpha value is -1.14. The molecule has 0 unspecified atom stereocenters. The summed E-state index contributed by atoms with van der Waals surface area (Å²) in [4.78, 5) is 23.6. The largest absolute Gasteiger partial charge is 0.376 e. The number of carbonyl (C=O) groups is 2. The third kappa shape index (κ3) is 4.26. The van der Waals surface area contributed by atoms with Gasteiger partial charge in [0.15, 0.2) is 0 Å². The first-order valence-electron chi connectivity index (χ1n) is 5.05. The molecule has 15 heavy (non-hydrogen) atoms. The standard InChI is InChI=1S/C9H17N3O3/c1-2-7-5-12(3-4-15-7)6-8(13)11-9(10)14/h7H,2-6H2,1H3,(H3,10,11,13,14)/t7-/m1/s1. The van der Waals surface area contributed by atoms with E-state index in [2.05, 4.69) is 0 Å². The molecule has 0 aromatic carbocycles. The molecule has 0 aromatic rings. The lowest BCUT2D eigenvalue weighted by atomic mass is 10.2. The summed E-state index contributed by atoms with van der Waals surface area (Å²) in [6.07, 6.45) is 1.11. The number of urea groups is 1. The predicted octanol–water partition coefficient (Wildman–Crippen LogP) is -0.708. The molecule has 1 aliphatic rings. The van der Waals surface area contributed by atoms with E-state index in [1.807, 2.05) is 17.1 Å². The molecule has 3 N–H and O–H groups in total. The van der Waals surface area contributed by atoms with Crippen molar-refractivity contribution in [3.63, 3.8) is 0 Å². The second-order valence-corrected chi connectivity index (χ2v) is 3.55. The zero-order valence-corrected chi connectivity index (χ0v) is 8.86. The normalized spacial score (nSPS) is 22.3. The third-order valence-electron chi connectivity index (χ3n) is 2.31. The van der Waals surface area contributed by atoms with Crippen LogP contribution < -0.4 is 11.1 Å². The van der Waals surface area contributed by atoms with Gasteiger partial charge in [0, 0.05) is 13.1 Å². The highest BCUT2D eigenvalue weighted by Gasteiger charge is 2.20. The highest BCUT2D eigenvalue weighted by molar-refractivity contribution is 5.94. The van der Waals surface area contributed by atoms with Crippen LogP contribution in [-0.2, 0) is 9.53 Å². The molecule has 1 rings (SSSR count). The number of morpholine rings is 1. The Morgan fingerprint density at radius 1 is 1.60 bits per heavy atom. The van der Waals surface area contributed by atoms with Crippen molar-refractivity contribution in [3.8, 4) is 0 Å². The number of hydrogen-bond donors (Lipinski definition) is 2. The van der Waals surface area contributed by atoms with Crippen LogP contribution >= 0.6 is 0 Å². The van der Waals surface area contributed by atoms with E-state index in [-0.39, 0.29) is 18.6 Å². The van der Waals surface area contributed by atoms with E-state index < -0.39 is 6.03 Å². The quantitative estimate of drug-likeness (QED) is 0.651. The summed E-state index contributed by atoms with van der Waals surface area (Å²) in [5.41, 5.74) is 4.84. The predicted molar refractivity (Wildman–Crippen MR) is 54.2 cm³/mol. The van der Waals surface area contributed by atoms with E-state index in [1.54, 1.807) is 0 Å². The van der Waals surface area contributed by atoms with Gasteiger partial charge in [0.1, 0.15) is 0 Å². The number of imide groups is 1. The maximum absolute atomic E-state index is 11.2. The number of nitrogens with two attached hydrogens (primary N) is 1. The summed E-state index contributed by atoms with van der Waals surface area (Å²) in [6.45, 7) is 4.30. The number of nitrogens with one attached hydrogen (secondary N) is 1. The van der Waals surface area contributed by atoms with E-state index >= 15 is 0 Å². The van der Waals surface area contributed by atoms with Gasteiger partial charge in [0.2, 0.25) is 5.91 Å². The van der Waals surface area contributed by atoms with Gasteiger partial charge in [-0.3, -0.25) is 15.0 Å². The number of rotatable bonds is 3. The highest BCUT2D eigenvalue weighted by atomic mass is 16.5. The van der Waals surface area contributed by atoms with E-state index in [0.29, 0.717) is 13.2 Å². The second kappa shape index (κ2) is 5.67. The van der Waals surface area contributed by atoms with E-state index in [4.69, 9.17) is 10.5 Å². The van der Waals surface area contributed by atoms with Gasteiger partial charge in [-0.25, -0.2) is 4.79 Å². The van der Waals surface area contributed by atoms with Crippen molar-refractivity contribution in [1.82, 2.24) is 10.2 Å². The molecule has 1 fully saturated rings. The van der Waals surface area contributed by atoms with Crippen LogP contribution in [0, 0.1) is 0 Å². The molecule has 1 atom stereocenters. The minimum Gasteiger partial charge on any atom is -0.376 e. The summed E-state index contributed by atoms with van der Waals surface area (Å²) < 4.78 is 5.46. The first kappa shape index (κ1) is 11.9. The van der Waals surface area contributed by atoms with Gasteiger partial charge in [-0.1, -0.05) is 6.92 Å². The summed E-state index contributed by atoms with van der Waals surface area (Å²) in [6, 6.07) is -0.805. The van der Waals surface area contributed by atoms with Crippen molar-refractivity contribution in [1.29, 1.82) is 0 Å². The second-order valence-electron chi connectivity index (χ2n) is 3.55. The van der Waals surface area contributed by atoms with Crippen molar-refractivity contribution >= 4 is 11.9 Å². The van der Waals surface area contributed by atoms with E-state index in [9.17, 15) is 9.59 Å². The van der Waals surface area contributed by atoms with Crippen LogP contribution in [-0.4, -0.2) is 49.2 Å². The average molecular weight is 215 g/mol. The van der Waals surface area contributed by atoms with Crippen LogP contribution in [0.4, 0.5) is 4.79 Å². The van der Waals surface area contributed by atoms with Gasteiger partial charge in [-0.05, 0) is 6.42 Å². The molecule has 0 aliphatic carbocycles. The molecular weight excluding hydrogens is 198 g/mol. The molecule has 0 saturated carbocycles. The fourth-order valence-electron chi connectivity index (χ4n) is 1.55. The molecule has 0 aromatic heterocycles. The summed E-state index contributed by atoms with van der Waals surface area (Å²) in [5, 5.41) is 2.04. The third-order valence-corrected chi connectivity index (χ3v) is 2.31. The van der Waals surface area contributed by atoms with Crippen molar-refractivity contribution in [2.24, 2.45) is 5.73 Å². The number of amides is 3. The molecule has 0 bridgehead atoms. The van der Waals surface area contributed by atoms with Crippen molar-refractivity contribution in [3.05, 3.63) is 0 Å². The number of primary amides is 1. The minimum atomic E-state index is -0.805. The number of nitrogens with zero attached hydrogens (tertiary/aromatic N) is 1. The lowest BCUT2D eigenvalue weighted by Gasteiger charge is -2.31. The molecule has 86 valence electrons. The monoisotopic (exact) mass is 215 g/mol. The zero-order valence-electron chi connectivity index (χ0n) is 8.86. The van der Waals surface area contributed by atoms with Gasteiger partial charge in [-0.15, -0.1) is 0 Å². The molecule has 1 saturated heterocycles. The SMILES string of the molecule is CC[C@@H]1CN(CC(=O)NC(N)=O)CCO1. The van der Waals surface area contributed by atoms with Crippen LogP contribution in [0.1, 0.15) is 13.3 Å². The van der Waals surface area contributed by atoms with E-state index in [1.165, 1.54) is 0 Å². The van der Waals surface area contributed by atoms with Crippen molar-refractivity contribution < 1.29 is 14.3 Å². The number of hydrogen-bond acceptors (Lipinski definition) is 4. The summed E-state index contributed by atoms with van der Waals surface area (Å²) >= 11 is 0. The maximum Gasteiger partial charge on any atom is 0.318 e. The van der Waals surface area contributed by atoms with Crippen molar-refractivity contribution in [2.75, 3.05) is 26.2 Å². The first-order chi connectivity index (χ1) is 7.11. The minimum absolute atomic E-state index is 0.181. The number of carbonyl (C=O) groups excluding carboxylic acids is 2. The fourth-order valence-corrected chi connectivity index (χ4v) is 1.55. The summed E-state index contributed by atoms with van der Waals surface area (Å²) in [5.74, 6) is -0.362. The van der Waals surface area contributed by atoms with Crippen molar-refractivity contribution in [2.45, 2.75) is 19.4 Å². The van der Waals surface area contributed by atoms with E-state index in [0.717, 1.165) is 13.0 Å². The zero-order chi connectivity index (χ0) is 11.3. The van der Waals surface area contributed by atoms with Crippen LogP contribution in [0.3, 0.4) is 0 Å². The molecule has 1 aliphatic heterocycles. The first-order valence-corrected chi connectivity index (χ1v) is 5.05. The van der Waals surface area contributed by atoms with Crippen LogP contribution in [0.5, 0.6) is 0 Å². The maximum atomic E-state index is 11.2. The Bertz CT molecular complexity index is 245. The topological polar surface area (TPSA) is 84.7 Å². The van der Waals surface area contributed by atoms with Gasteiger partial charge in [0.25, 0.3) is 0 Å². The Kier molecular flexibility index (Phi) is 4.51. The highest BCUT2D eigenvalue weighted by Crippen LogP contribution is 2.07. The van der Waals surface area contributed by atoms with Crippen LogP contribution in [0.15, 0.2) is 0 Å². The molecular formula is C9H17N3O3. The molecule has 6 nitrogen and oxygen atoms in total. The Morgan fingerprint density at radius 3 is 2.93 bits per heavy atom. The van der Waals surface area contributed by atoms with Gasteiger partial charge >= 0.3 is 6.03 Å². The summed E-state index contributed by atoms with van der Waals surface area (Å²) in [7, 11) is 0.